The molecule has 0 unspecified atom stereocenters. The highest BCUT2D eigenvalue weighted by Gasteiger charge is 2.13. The molecule has 0 saturated carbocycles. The molecule has 0 amide bonds. The Kier molecular flexibility index (Phi) is 5.37. The van der Waals surface area contributed by atoms with Gasteiger partial charge in [-0.25, -0.2) is 4.68 Å². The van der Waals surface area contributed by atoms with Crippen molar-refractivity contribution in [3.05, 3.63) is 66.4 Å². The second-order valence-corrected chi connectivity index (χ2v) is 6.36. The Hall–Kier alpha value is -3.08. The zero-order chi connectivity index (χ0) is 18.5. The Morgan fingerprint density at radius 3 is 2.58 bits per heavy atom. The largest absolute Gasteiger partial charge is 0.491 e. The van der Waals surface area contributed by atoms with Crippen LogP contribution in [0, 0.1) is 0 Å². The molecular weight excluding hydrogens is 328 g/mol. The molecule has 134 valence electrons. The van der Waals surface area contributed by atoms with Crippen molar-refractivity contribution in [1.29, 1.82) is 0 Å². The van der Waals surface area contributed by atoms with Crippen LogP contribution in [0.4, 0.5) is 0 Å². The summed E-state index contributed by atoms with van der Waals surface area (Å²) in [5.41, 5.74) is 3.56. The monoisotopic (exact) mass is 350 g/mol. The summed E-state index contributed by atoms with van der Waals surface area (Å²) in [7, 11) is 0. The molecule has 0 fully saturated rings. The number of aromatic nitrogens is 2. The minimum absolute atomic E-state index is 0.0573. The normalized spacial score (nSPS) is 10.9. The quantitative estimate of drug-likeness (QED) is 0.688. The van der Waals surface area contributed by atoms with Gasteiger partial charge in [0.05, 0.1) is 29.6 Å². The third kappa shape index (κ3) is 4.30. The number of rotatable bonds is 7. The molecule has 0 saturated heterocycles. The molecule has 3 rings (SSSR count). The summed E-state index contributed by atoms with van der Waals surface area (Å²) in [6, 6.07) is 19.6. The van der Waals surface area contributed by atoms with Crippen LogP contribution < -0.4 is 4.74 Å². The van der Waals surface area contributed by atoms with Crippen LogP contribution in [-0.2, 0) is 11.2 Å². The average Bonchev–Trinajstić information content (AvgIpc) is 3.05. The summed E-state index contributed by atoms with van der Waals surface area (Å²) in [4.78, 5) is 10.9. The van der Waals surface area contributed by atoms with Crippen molar-refractivity contribution in [3.63, 3.8) is 0 Å². The highest BCUT2D eigenvalue weighted by molar-refractivity contribution is 5.68. The summed E-state index contributed by atoms with van der Waals surface area (Å²) in [5, 5.41) is 13.6. The van der Waals surface area contributed by atoms with Gasteiger partial charge in [-0.1, -0.05) is 30.3 Å². The van der Waals surface area contributed by atoms with Crippen molar-refractivity contribution < 1.29 is 14.6 Å². The molecule has 0 bridgehead atoms. The highest BCUT2D eigenvalue weighted by Crippen LogP contribution is 2.28. The van der Waals surface area contributed by atoms with Crippen LogP contribution in [0.1, 0.15) is 26.0 Å². The van der Waals surface area contributed by atoms with E-state index in [-0.39, 0.29) is 12.5 Å². The van der Waals surface area contributed by atoms with E-state index in [1.54, 1.807) is 0 Å². The zero-order valence-electron chi connectivity index (χ0n) is 14.9. The highest BCUT2D eigenvalue weighted by atomic mass is 16.5. The van der Waals surface area contributed by atoms with E-state index in [0.29, 0.717) is 6.42 Å². The molecule has 5 heteroatoms. The summed E-state index contributed by atoms with van der Waals surface area (Å²) in [6.07, 6.45) is 0.543. The molecule has 3 aromatic rings. The lowest BCUT2D eigenvalue weighted by Gasteiger charge is -2.12. The maximum Gasteiger partial charge on any atom is 0.303 e. The van der Waals surface area contributed by atoms with Gasteiger partial charge in [0.15, 0.2) is 0 Å². The number of ether oxygens (including phenoxy) is 1. The molecule has 1 aromatic heterocycles. The van der Waals surface area contributed by atoms with Gasteiger partial charge >= 0.3 is 5.97 Å². The molecule has 5 nitrogen and oxygen atoms in total. The lowest BCUT2D eigenvalue weighted by Crippen LogP contribution is -2.05. The van der Waals surface area contributed by atoms with Crippen molar-refractivity contribution in [2.24, 2.45) is 0 Å². The molecule has 1 N–H and O–H groups in total. The predicted molar refractivity (Wildman–Crippen MR) is 101 cm³/mol. The van der Waals surface area contributed by atoms with Gasteiger partial charge in [0, 0.05) is 12.0 Å². The van der Waals surface area contributed by atoms with E-state index in [0.717, 1.165) is 28.4 Å². The Bertz CT molecular complexity index is 885. The summed E-state index contributed by atoms with van der Waals surface area (Å²) in [5.74, 6) is -0.0291. The first-order valence-corrected chi connectivity index (χ1v) is 8.66. The Labute approximate surface area is 152 Å². The number of para-hydroxylation sites is 1. The van der Waals surface area contributed by atoms with Gasteiger partial charge in [-0.3, -0.25) is 4.79 Å². The number of benzene rings is 2. The number of hydrogen-bond donors (Lipinski definition) is 1. The Morgan fingerprint density at radius 1 is 1.12 bits per heavy atom. The average molecular weight is 350 g/mol. The van der Waals surface area contributed by atoms with E-state index in [1.807, 2.05) is 79.2 Å². The fourth-order valence-electron chi connectivity index (χ4n) is 2.76. The maximum absolute atomic E-state index is 10.9. The van der Waals surface area contributed by atoms with Gasteiger partial charge in [0.1, 0.15) is 5.75 Å². The van der Waals surface area contributed by atoms with E-state index >= 15 is 0 Å². The van der Waals surface area contributed by atoms with Crippen LogP contribution in [0.15, 0.2) is 60.7 Å². The Morgan fingerprint density at radius 2 is 1.88 bits per heavy atom. The van der Waals surface area contributed by atoms with E-state index in [1.165, 1.54) is 0 Å². The molecule has 1 heterocycles. The van der Waals surface area contributed by atoms with Crippen molar-refractivity contribution in [1.82, 2.24) is 9.78 Å². The van der Waals surface area contributed by atoms with Gasteiger partial charge in [0.25, 0.3) is 0 Å². The molecular formula is C21H22N2O3. The number of nitrogens with zero attached hydrogens (tertiary/aromatic N) is 2. The SMILES string of the molecule is CC(C)Oc1cccc(-c2cc(CCC(=O)O)nn2-c2ccccc2)c1. The molecule has 0 aliphatic heterocycles. The zero-order valence-corrected chi connectivity index (χ0v) is 14.9. The van der Waals surface area contributed by atoms with Crippen LogP contribution in [0.5, 0.6) is 5.75 Å². The Balaban J connectivity index is 2.03. The van der Waals surface area contributed by atoms with Crippen LogP contribution in [0.25, 0.3) is 16.9 Å². The lowest BCUT2D eigenvalue weighted by atomic mass is 10.1. The van der Waals surface area contributed by atoms with Crippen molar-refractivity contribution in [2.75, 3.05) is 0 Å². The third-order valence-corrected chi connectivity index (χ3v) is 3.86. The summed E-state index contributed by atoms with van der Waals surface area (Å²) in [6.45, 7) is 3.98. The molecule has 0 spiro atoms. The van der Waals surface area contributed by atoms with E-state index in [2.05, 4.69) is 5.10 Å². The van der Waals surface area contributed by atoms with Gasteiger partial charge < -0.3 is 9.84 Å². The first kappa shape index (κ1) is 17.7. The topological polar surface area (TPSA) is 64.3 Å². The number of carbonyl (C=O) groups is 1. The van der Waals surface area contributed by atoms with Gasteiger partial charge in [-0.2, -0.15) is 5.10 Å². The van der Waals surface area contributed by atoms with Crippen LogP contribution in [0.2, 0.25) is 0 Å². The van der Waals surface area contributed by atoms with Gasteiger partial charge in [0.2, 0.25) is 0 Å². The first-order valence-electron chi connectivity index (χ1n) is 8.66. The smallest absolute Gasteiger partial charge is 0.303 e. The second-order valence-electron chi connectivity index (χ2n) is 6.36. The minimum Gasteiger partial charge on any atom is -0.491 e. The molecule has 0 aliphatic rings. The molecule has 0 aliphatic carbocycles. The van der Waals surface area contributed by atoms with Crippen molar-refractivity contribution in [3.8, 4) is 22.7 Å². The maximum atomic E-state index is 10.9. The number of carboxylic acid groups (broad SMARTS) is 1. The summed E-state index contributed by atoms with van der Waals surface area (Å²) >= 11 is 0. The van der Waals surface area contributed by atoms with Gasteiger partial charge in [-0.05, 0) is 44.2 Å². The molecule has 0 atom stereocenters. The predicted octanol–water partition coefficient (Wildman–Crippen LogP) is 4.34. The van der Waals surface area contributed by atoms with Gasteiger partial charge in [-0.15, -0.1) is 0 Å². The van der Waals surface area contributed by atoms with E-state index in [9.17, 15) is 4.79 Å². The van der Waals surface area contributed by atoms with E-state index < -0.39 is 5.97 Å². The number of aryl methyl sites for hydroxylation is 1. The number of hydrogen-bond acceptors (Lipinski definition) is 3. The van der Waals surface area contributed by atoms with E-state index in [4.69, 9.17) is 9.84 Å². The fourth-order valence-corrected chi connectivity index (χ4v) is 2.76. The van der Waals surface area contributed by atoms with Crippen LogP contribution in [0.3, 0.4) is 0 Å². The lowest BCUT2D eigenvalue weighted by molar-refractivity contribution is -0.136. The first-order chi connectivity index (χ1) is 12.5. The van der Waals surface area contributed by atoms with Crippen molar-refractivity contribution >= 4 is 5.97 Å². The third-order valence-electron chi connectivity index (χ3n) is 3.86. The fraction of sp³-hybridized carbons (Fsp3) is 0.238. The standard InChI is InChI=1S/C21H22N2O3/c1-15(2)26-19-10-6-7-16(13-19)20-14-17(11-12-21(24)25)22-23(20)18-8-4-3-5-9-18/h3-10,13-15H,11-12H2,1-2H3,(H,24,25). The van der Waals surface area contributed by atoms with Crippen LogP contribution >= 0.6 is 0 Å². The number of aliphatic carboxylic acids is 1. The summed E-state index contributed by atoms with van der Waals surface area (Å²) < 4.78 is 7.65. The molecule has 2 aromatic carbocycles. The van der Waals surface area contributed by atoms with Crippen molar-refractivity contribution in [2.45, 2.75) is 32.8 Å². The molecule has 0 radical (unpaired) electrons. The van der Waals surface area contributed by atoms with Crippen LogP contribution in [-0.4, -0.2) is 27.0 Å². The number of carboxylic acids is 1. The minimum atomic E-state index is -0.826. The molecule has 26 heavy (non-hydrogen) atoms. The second kappa shape index (κ2) is 7.87.